The average molecular weight is 246 g/mol. The van der Waals surface area contributed by atoms with Crippen LogP contribution < -0.4 is 5.43 Å². The van der Waals surface area contributed by atoms with Crippen LogP contribution in [0.5, 0.6) is 0 Å². The molecule has 0 spiro atoms. The standard InChI is InChI=1S/C15H22N2O/c1-4-5-6-7-15(18)17-16-13(3)14-10-8-12(2)9-11-14/h8-11H,4-7H2,1-3H3,(H,17,18)/b16-13-. The Labute approximate surface area is 109 Å². The van der Waals surface area contributed by atoms with Gasteiger partial charge in [-0.15, -0.1) is 0 Å². The van der Waals surface area contributed by atoms with E-state index in [1.165, 1.54) is 5.56 Å². The van der Waals surface area contributed by atoms with Gasteiger partial charge in [0.05, 0.1) is 5.71 Å². The first kappa shape index (κ1) is 14.4. The molecule has 1 aromatic rings. The summed E-state index contributed by atoms with van der Waals surface area (Å²) >= 11 is 0. The first-order chi connectivity index (χ1) is 8.63. The summed E-state index contributed by atoms with van der Waals surface area (Å²) in [6.45, 7) is 6.07. The number of amides is 1. The minimum atomic E-state index is -0.00471. The molecule has 0 unspecified atom stereocenters. The van der Waals surface area contributed by atoms with Crippen molar-refractivity contribution in [3.05, 3.63) is 35.4 Å². The molecule has 1 N–H and O–H groups in total. The van der Waals surface area contributed by atoms with E-state index in [2.05, 4.69) is 17.5 Å². The highest BCUT2D eigenvalue weighted by Gasteiger charge is 2.00. The van der Waals surface area contributed by atoms with E-state index in [4.69, 9.17) is 0 Å². The van der Waals surface area contributed by atoms with Crippen LogP contribution in [-0.4, -0.2) is 11.6 Å². The van der Waals surface area contributed by atoms with Crippen molar-refractivity contribution in [3.63, 3.8) is 0 Å². The van der Waals surface area contributed by atoms with Crippen LogP contribution in [0.4, 0.5) is 0 Å². The van der Waals surface area contributed by atoms with Gasteiger partial charge in [-0.2, -0.15) is 5.10 Å². The van der Waals surface area contributed by atoms with Crippen molar-refractivity contribution in [2.75, 3.05) is 0 Å². The molecule has 98 valence electrons. The summed E-state index contributed by atoms with van der Waals surface area (Å²) in [5, 5.41) is 4.12. The maximum Gasteiger partial charge on any atom is 0.240 e. The number of hydrogen-bond donors (Lipinski definition) is 1. The largest absolute Gasteiger partial charge is 0.273 e. The van der Waals surface area contributed by atoms with Gasteiger partial charge in [-0.25, -0.2) is 5.43 Å². The van der Waals surface area contributed by atoms with E-state index in [9.17, 15) is 4.79 Å². The van der Waals surface area contributed by atoms with Crippen LogP contribution in [0.25, 0.3) is 0 Å². The maximum absolute atomic E-state index is 11.5. The van der Waals surface area contributed by atoms with Gasteiger partial charge in [0.15, 0.2) is 0 Å². The van der Waals surface area contributed by atoms with E-state index >= 15 is 0 Å². The summed E-state index contributed by atoms with van der Waals surface area (Å²) in [7, 11) is 0. The normalized spacial score (nSPS) is 11.4. The molecule has 3 heteroatoms. The minimum Gasteiger partial charge on any atom is -0.273 e. The third-order valence-corrected chi connectivity index (χ3v) is 2.83. The molecular formula is C15H22N2O. The van der Waals surface area contributed by atoms with Crippen molar-refractivity contribution in [1.29, 1.82) is 0 Å². The zero-order valence-electron chi connectivity index (χ0n) is 11.5. The highest BCUT2D eigenvalue weighted by Crippen LogP contribution is 2.04. The molecule has 3 nitrogen and oxygen atoms in total. The van der Waals surface area contributed by atoms with Crippen LogP contribution in [0.15, 0.2) is 29.4 Å². The molecule has 0 radical (unpaired) electrons. The predicted molar refractivity (Wildman–Crippen MR) is 75.7 cm³/mol. The molecule has 0 bridgehead atoms. The maximum atomic E-state index is 11.5. The molecule has 0 aliphatic rings. The number of carbonyl (C=O) groups is 1. The van der Waals surface area contributed by atoms with Crippen LogP contribution in [-0.2, 0) is 4.79 Å². The average Bonchev–Trinajstić information content (AvgIpc) is 2.37. The first-order valence-electron chi connectivity index (χ1n) is 6.53. The highest BCUT2D eigenvalue weighted by molar-refractivity contribution is 5.99. The number of nitrogens with zero attached hydrogens (tertiary/aromatic N) is 1. The summed E-state index contributed by atoms with van der Waals surface area (Å²) in [6, 6.07) is 8.10. The van der Waals surface area contributed by atoms with Gasteiger partial charge < -0.3 is 0 Å². The second-order valence-corrected chi connectivity index (χ2v) is 4.56. The van der Waals surface area contributed by atoms with Crippen LogP contribution in [0.1, 0.15) is 50.7 Å². The second kappa shape index (κ2) is 7.64. The number of benzene rings is 1. The molecule has 0 fully saturated rings. The van der Waals surface area contributed by atoms with Crippen molar-refractivity contribution in [2.45, 2.75) is 46.5 Å². The van der Waals surface area contributed by atoms with E-state index in [1.807, 2.05) is 38.1 Å². The van der Waals surface area contributed by atoms with Gasteiger partial charge in [-0.05, 0) is 25.8 Å². The summed E-state index contributed by atoms with van der Waals surface area (Å²) in [4.78, 5) is 11.5. The molecule has 0 aliphatic carbocycles. The Kier molecular flexibility index (Phi) is 6.12. The fraction of sp³-hybridized carbons (Fsp3) is 0.467. The van der Waals surface area contributed by atoms with Crippen LogP contribution in [0.3, 0.4) is 0 Å². The summed E-state index contributed by atoms with van der Waals surface area (Å²) in [5.41, 5.74) is 5.69. The highest BCUT2D eigenvalue weighted by atomic mass is 16.2. The topological polar surface area (TPSA) is 41.5 Å². The number of rotatable bonds is 6. The van der Waals surface area contributed by atoms with Crippen molar-refractivity contribution < 1.29 is 4.79 Å². The van der Waals surface area contributed by atoms with Crippen LogP contribution >= 0.6 is 0 Å². The van der Waals surface area contributed by atoms with Crippen molar-refractivity contribution in [3.8, 4) is 0 Å². The van der Waals surface area contributed by atoms with Gasteiger partial charge in [-0.3, -0.25) is 4.79 Å². The zero-order valence-corrected chi connectivity index (χ0v) is 11.5. The van der Waals surface area contributed by atoms with Gasteiger partial charge in [0.1, 0.15) is 0 Å². The van der Waals surface area contributed by atoms with E-state index in [-0.39, 0.29) is 5.91 Å². The van der Waals surface area contributed by atoms with Crippen molar-refractivity contribution in [1.82, 2.24) is 5.43 Å². The monoisotopic (exact) mass is 246 g/mol. The third-order valence-electron chi connectivity index (χ3n) is 2.83. The lowest BCUT2D eigenvalue weighted by Crippen LogP contribution is -2.18. The second-order valence-electron chi connectivity index (χ2n) is 4.56. The lowest BCUT2D eigenvalue weighted by atomic mass is 10.1. The quantitative estimate of drug-likeness (QED) is 0.466. The Morgan fingerprint density at radius 1 is 1.22 bits per heavy atom. The van der Waals surface area contributed by atoms with E-state index in [0.717, 1.165) is 30.5 Å². The third kappa shape index (κ3) is 5.13. The number of carbonyl (C=O) groups excluding carboxylic acids is 1. The van der Waals surface area contributed by atoms with Crippen molar-refractivity contribution >= 4 is 11.6 Å². The van der Waals surface area contributed by atoms with E-state index in [1.54, 1.807) is 0 Å². The zero-order chi connectivity index (χ0) is 13.4. The molecular weight excluding hydrogens is 224 g/mol. The Morgan fingerprint density at radius 3 is 2.50 bits per heavy atom. The Morgan fingerprint density at radius 2 is 1.89 bits per heavy atom. The van der Waals surface area contributed by atoms with E-state index < -0.39 is 0 Å². The predicted octanol–water partition coefficient (Wildman–Crippen LogP) is 3.42. The summed E-state index contributed by atoms with van der Waals surface area (Å²) < 4.78 is 0. The van der Waals surface area contributed by atoms with Gasteiger partial charge in [0.2, 0.25) is 5.91 Å². The molecule has 0 saturated carbocycles. The van der Waals surface area contributed by atoms with Gasteiger partial charge in [0, 0.05) is 6.42 Å². The first-order valence-corrected chi connectivity index (χ1v) is 6.53. The molecule has 0 aliphatic heterocycles. The van der Waals surface area contributed by atoms with Crippen LogP contribution in [0.2, 0.25) is 0 Å². The number of hydrazone groups is 1. The molecule has 0 aromatic heterocycles. The molecule has 1 rings (SSSR count). The molecule has 18 heavy (non-hydrogen) atoms. The number of unbranched alkanes of at least 4 members (excludes halogenated alkanes) is 2. The molecule has 1 aromatic carbocycles. The Balaban J connectivity index is 2.46. The van der Waals surface area contributed by atoms with Gasteiger partial charge in [0.25, 0.3) is 0 Å². The minimum absolute atomic E-state index is 0.00471. The van der Waals surface area contributed by atoms with Crippen molar-refractivity contribution in [2.24, 2.45) is 5.10 Å². The Bertz CT molecular complexity index is 407. The van der Waals surface area contributed by atoms with E-state index in [0.29, 0.717) is 6.42 Å². The lowest BCUT2D eigenvalue weighted by molar-refractivity contribution is -0.121. The van der Waals surface area contributed by atoms with Crippen LogP contribution in [0, 0.1) is 6.92 Å². The molecule has 0 heterocycles. The summed E-state index contributed by atoms with van der Waals surface area (Å²) in [5.74, 6) is -0.00471. The SMILES string of the molecule is CCCCCC(=O)N/N=C(/C)c1ccc(C)cc1. The molecule has 1 amide bonds. The molecule has 0 atom stereocenters. The number of nitrogens with one attached hydrogen (secondary N) is 1. The smallest absolute Gasteiger partial charge is 0.240 e. The van der Waals surface area contributed by atoms with Gasteiger partial charge >= 0.3 is 0 Å². The number of aryl methyl sites for hydroxylation is 1. The van der Waals surface area contributed by atoms with Gasteiger partial charge in [-0.1, -0.05) is 49.6 Å². The fourth-order valence-electron chi connectivity index (χ4n) is 1.60. The number of hydrogen-bond acceptors (Lipinski definition) is 2. The fourth-order valence-corrected chi connectivity index (χ4v) is 1.60. The molecule has 0 saturated heterocycles. The Hall–Kier alpha value is -1.64. The lowest BCUT2D eigenvalue weighted by Gasteiger charge is -2.03. The summed E-state index contributed by atoms with van der Waals surface area (Å²) in [6.07, 6.45) is 3.70.